The van der Waals surface area contributed by atoms with E-state index in [-0.39, 0.29) is 6.03 Å². The van der Waals surface area contributed by atoms with Gasteiger partial charge in [0.25, 0.3) is 0 Å². The molecule has 23 heavy (non-hydrogen) atoms. The molecule has 0 radical (unpaired) electrons. The second kappa shape index (κ2) is 7.92. The van der Waals surface area contributed by atoms with Crippen LogP contribution in [0.25, 0.3) is 0 Å². The Morgan fingerprint density at radius 1 is 1.17 bits per heavy atom. The van der Waals surface area contributed by atoms with Gasteiger partial charge in [0, 0.05) is 37.0 Å². The lowest BCUT2D eigenvalue weighted by molar-refractivity contribution is 0.252. The van der Waals surface area contributed by atoms with Crippen LogP contribution in [0.15, 0.2) is 24.7 Å². The summed E-state index contributed by atoms with van der Waals surface area (Å²) in [6, 6.07) is 3.00. The van der Waals surface area contributed by atoms with E-state index >= 15 is 0 Å². The molecular weight excluding hydrogens is 300 g/mol. The van der Waals surface area contributed by atoms with Crippen molar-refractivity contribution < 1.29 is 19.0 Å². The minimum absolute atomic E-state index is 0.321. The molecule has 3 N–H and O–H groups in total. The van der Waals surface area contributed by atoms with Crippen molar-refractivity contribution in [2.45, 2.75) is 6.42 Å². The summed E-state index contributed by atoms with van der Waals surface area (Å²) in [5, 5.41) is 5.49. The lowest BCUT2D eigenvalue weighted by Gasteiger charge is -2.14. The summed E-state index contributed by atoms with van der Waals surface area (Å²) in [5.74, 6) is 1.42. The highest BCUT2D eigenvalue weighted by Gasteiger charge is 2.14. The largest absolute Gasteiger partial charge is 0.493 e. The van der Waals surface area contributed by atoms with Crippen LogP contribution in [0.5, 0.6) is 17.2 Å². The number of aromatic amines is 1. The molecule has 0 atom stereocenters. The van der Waals surface area contributed by atoms with Crippen molar-refractivity contribution in [2.24, 2.45) is 0 Å². The molecular formula is C15H20N4O4. The molecule has 8 nitrogen and oxygen atoms in total. The highest BCUT2D eigenvalue weighted by molar-refractivity contribution is 5.90. The Morgan fingerprint density at radius 2 is 1.87 bits per heavy atom. The van der Waals surface area contributed by atoms with Gasteiger partial charge in [0.1, 0.15) is 0 Å². The van der Waals surface area contributed by atoms with E-state index in [1.54, 1.807) is 24.7 Å². The number of nitrogens with one attached hydrogen (secondary N) is 3. The number of anilines is 1. The predicted molar refractivity (Wildman–Crippen MR) is 85.4 cm³/mol. The number of hydrogen-bond acceptors (Lipinski definition) is 5. The number of H-pyrrole nitrogens is 1. The van der Waals surface area contributed by atoms with Gasteiger partial charge in [-0.1, -0.05) is 0 Å². The predicted octanol–water partition coefficient (Wildman–Crippen LogP) is 1.80. The summed E-state index contributed by atoms with van der Waals surface area (Å²) < 4.78 is 15.7. The highest BCUT2D eigenvalue weighted by atomic mass is 16.5. The smallest absolute Gasteiger partial charge is 0.319 e. The van der Waals surface area contributed by atoms with Crippen molar-refractivity contribution in [3.63, 3.8) is 0 Å². The number of carbonyl (C=O) groups is 1. The number of imidazole rings is 1. The molecule has 0 unspecified atom stereocenters. The fourth-order valence-electron chi connectivity index (χ4n) is 2.06. The van der Waals surface area contributed by atoms with Crippen molar-refractivity contribution in [3.05, 3.63) is 30.4 Å². The maximum Gasteiger partial charge on any atom is 0.319 e. The van der Waals surface area contributed by atoms with Crippen molar-refractivity contribution in [1.29, 1.82) is 0 Å². The maximum atomic E-state index is 11.9. The Hall–Kier alpha value is -2.90. The van der Waals surface area contributed by atoms with E-state index in [4.69, 9.17) is 14.2 Å². The average molecular weight is 320 g/mol. The summed E-state index contributed by atoms with van der Waals surface area (Å²) in [6.07, 6.45) is 3.99. The van der Waals surface area contributed by atoms with E-state index in [1.165, 1.54) is 21.3 Å². The lowest BCUT2D eigenvalue weighted by atomic mass is 10.2. The van der Waals surface area contributed by atoms with E-state index < -0.39 is 0 Å². The lowest BCUT2D eigenvalue weighted by Crippen LogP contribution is -2.30. The fourth-order valence-corrected chi connectivity index (χ4v) is 2.06. The molecule has 1 aromatic heterocycles. The van der Waals surface area contributed by atoms with E-state index in [2.05, 4.69) is 20.6 Å². The highest BCUT2D eigenvalue weighted by Crippen LogP contribution is 2.39. The van der Waals surface area contributed by atoms with Crippen LogP contribution in [0.2, 0.25) is 0 Å². The van der Waals surface area contributed by atoms with Gasteiger partial charge in [-0.15, -0.1) is 0 Å². The summed E-state index contributed by atoms with van der Waals surface area (Å²) >= 11 is 0. The molecule has 8 heteroatoms. The third-order valence-electron chi connectivity index (χ3n) is 3.16. The molecule has 0 saturated carbocycles. The molecule has 0 saturated heterocycles. The second-order valence-corrected chi connectivity index (χ2v) is 4.62. The number of hydrogen-bond donors (Lipinski definition) is 3. The average Bonchev–Trinajstić information content (AvgIpc) is 3.07. The van der Waals surface area contributed by atoms with Crippen LogP contribution < -0.4 is 24.8 Å². The Balaban J connectivity index is 1.97. The maximum absolute atomic E-state index is 11.9. The normalized spacial score (nSPS) is 10.0. The summed E-state index contributed by atoms with van der Waals surface area (Å²) in [5.41, 5.74) is 1.50. The molecule has 1 aromatic carbocycles. The number of aromatic nitrogens is 2. The third kappa shape index (κ3) is 4.29. The Labute approximate surface area is 134 Å². The van der Waals surface area contributed by atoms with Crippen molar-refractivity contribution in [3.8, 4) is 17.2 Å². The van der Waals surface area contributed by atoms with Crippen molar-refractivity contribution in [1.82, 2.24) is 15.3 Å². The molecule has 2 rings (SSSR count). The first kappa shape index (κ1) is 16.5. The van der Waals surface area contributed by atoms with E-state index in [0.717, 1.165) is 5.69 Å². The molecule has 124 valence electrons. The number of rotatable bonds is 7. The third-order valence-corrected chi connectivity index (χ3v) is 3.16. The van der Waals surface area contributed by atoms with Gasteiger partial charge in [0.15, 0.2) is 11.5 Å². The van der Waals surface area contributed by atoms with E-state index in [9.17, 15) is 4.79 Å². The second-order valence-electron chi connectivity index (χ2n) is 4.62. The zero-order valence-electron chi connectivity index (χ0n) is 13.3. The number of urea groups is 1. The minimum atomic E-state index is -0.321. The Kier molecular flexibility index (Phi) is 5.67. The Bertz CT molecular complexity index is 618. The van der Waals surface area contributed by atoms with Crippen LogP contribution in [0.4, 0.5) is 10.5 Å². The Morgan fingerprint density at radius 3 is 2.39 bits per heavy atom. The van der Waals surface area contributed by atoms with Crippen molar-refractivity contribution >= 4 is 11.7 Å². The number of amides is 2. The quantitative estimate of drug-likeness (QED) is 0.723. The number of methoxy groups -OCH3 is 3. The van der Waals surface area contributed by atoms with Gasteiger partial charge in [-0.05, 0) is 0 Å². The summed E-state index contributed by atoms with van der Waals surface area (Å²) in [4.78, 5) is 18.8. The van der Waals surface area contributed by atoms with Crippen LogP contribution >= 0.6 is 0 Å². The molecule has 0 aliphatic rings. The van der Waals surface area contributed by atoms with Crippen molar-refractivity contribution in [2.75, 3.05) is 33.2 Å². The fraction of sp³-hybridized carbons (Fsp3) is 0.333. The zero-order valence-corrected chi connectivity index (χ0v) is 13.3. The molecule has 0 fully saturated rings. The molecule has 0 bridgehead atoms. The van der Waals surface area contributed by atoms with Crippen LogP contribution in [0.3, 0.4) is 0 Å². The first-order valence-corrected chi connectivity index (χ1v) is 7.00. The number of benzene rings is 1. The van der Waals surface area contributed by atoms with Gasteiger partial charge in [-0.2, -0.15) is 0 Å². The molecule has 0 spiro atoms. The number of carbonyl (C=O) groups excluding carboxylic acids is 1. The molecule has 1 heterocycles. The van der Waals surface area contributed by atoms with Crippen LogP contribution in [0, 0.1) is 0 Å². The van der Waals surface area contributed by atoms with Crippen LogP contribution in [-0.2, 0) is 6.42 Å². The van der Waals surface area contributed by atoms with E-state index in [0.29, 0.717) is 35.9 Å². The van der Waals surface area contributed by atoms with Crippen LogP contribution in [-0.4, -0.2) is 43.9 Å². The number of ether oxygens (including phenoxy) is 3. The first-order valence-electron chi connectivity index (χ1n) is 7.00. The monoisotopic (exact) mass is 320 g/mol. The van der Waals surface area contributed by atoms with Gasteiger partial charge in [-0.25, -0.2) is 9.78 Å². The van der Waals surface area contributed by atoms with Gasteiger partial charge in [0.2, 0.25) is 5.75 Å². The molecule has 0 aliphatic carbocycles. The topological polar surface area (TPSA) is 97.5 Å². The van der Waals surface area contributed by atoms with E-state index in [1.807, 2.05) is 0 Å². The molecule has 2 amide bonds. The van der Waals surface area contributed by atoms with Crippen LogP contribution in [0.1, 0.15) is 5.69 Å². The standard InChI is InChI=1S/C15H20N4O4/c1-21-12-6-11(7-13(22-2)14(12)23-3)19-15(20)17-5-4-10-8-16-9-18-10/h6-9H,4-5H2,1-3H3,(H,16,18)(H2,17,19,20). The van der Waals surface area contributed by atoms with Gasteiger partial charge in [-0.3, -0.25) is 0 Å². The summed E-state index contributed by atoms with van der Waals surface area (Å²) in [7, 11) is 4.56. The molecule has 2 aromatic rings. The van der Waals surface area contributed by atoms with Gasteiger partial charge < -0.3 is 29.8 Å². The minimum Gasteiger partial charge on any atom is -0.493 e. The molecule has 0 aliphatic heterocycles. The SMILES string of the molecule is COc1cc(NC(=O)NCCc2cnc[nH]2)cc(OC)c1OC. The first-order chi connectivity index (χ1) is 11.2. The number of nitrogens with zero attached hydrogens (tertiary/aromatic N) is 1. The van der Waals surface area contributed by atoms with Gasteiger partial charge in [0.05, 0.1) is 33.3 Å². The van der Waals surface area contributed by atoms with Gasteiger partial charge >= 0.3 is 6.03 Å². The zero-order chi connectivity index (χ0) is 16.7. The summed E-state index contributed by atoms with van der Waals surface area (Å²) in [6.45, 7) is 0.485.